The largest absolute Gasteiger partial charge is 0.349 e. The first-order valence-electron chi connectivity index (χ1n) is 6.81. The molecule has 4 heteroatoms. The Labute approximate surface area is 119 Å². The lowest BCUT2D eigenvalue weighted by atomic mass is 10.0. The summed E-state index contributed by atoms with van der Waals surface area (Å²) in [7, 11) is 0. The molecule has 3 nitrogen and oxygen atoms in total. The zero-order valence-electron chi connectivity index (χ0n) is 11.6. The maximum Gasteiger partial charge on any atom is 0.225 e. The van der Waals surface area contributed by atoms with Crippen LogP contribution in [0.3, 0.4) is 0 Å². The number of benzene rings is 1. The molecule has 104 valence electrons. The van der Waals surface area contributed by atoms with Crippen molar-refractivity contribution in [3.8, 4) is 0 Å². The number of hydrogen-bond donors (Lipinski definition) is 2. The van der Waals surface area contributed by atoms with E-state index in [1.807, 2.05) is 6.92 Å². The maximum atomic E-state index is 12.2. The number of rotatable bonds is 4. The lowest BCUT2D eigenvalue weighted by Crippen LogP contribution is -2.39. The average Bonchev–Trinajstić information content (AvgIpc) is 2.85. The zero-order chi connectivity index (χ0) is 13.8. The molecule has 1 aliphatic carbocycles. The van der Waals surface area contributed by atoms with Crippen LogP contribution in [0.1, 0.15) is 37.8 Å². The summed E-state index contributed by atoms with van der Waals surface area (Å²) in [6.07, 6.45) is 5.01. The summed E-state index contributed by atoms with van der Waals surface area (Å²) in [4.78, 5) is 13.4. The van der Waals surface area contributed by atoms with Crippen molar-refractivity contribution in [3.63, 3.8) is 0 Å². The van der Waals surface area contributed by atoms with Gasteiger partial charge in [-0.1, -0.05) is 18.6 Å². The predicted molar refractivity (Wildman–Crippen MR) is 80.1 cm³/mol. The van der Waals surface area contributed by atoms with Gasteiger partial charge in [0.1, 0.15) is 0 Å². The minimum absolute atomic E-state index is 0.00656. The standard InChI is InChI=1S/C15H22N2OS/c1-10(11-6-8-12(19-2)9-7-11)17-15(18)13-4-3-5-14(13)16/h6-10,13-14H,3-5,16H2,1-2H3,(H,17,18). The molecule has 1 aromatic rings. The van der Waals surface area contributed by atoms with Crippen LogP contribution in [0.25, 0.3) is 0 Å². The van der Waals surface area contributed by atoms with E-state index in [4.69, 9.17) is 5.73 Å². The normalized spacial score (nSPS) is 24.2. The van der Waals surface area contributed by atoms with Crippen LogP contribution < -0.4 is 11.1 Å². The molecule has 0 heterocycles. The van der Waals surface area contributed by atoms with E-state index in [9.17, 15) is 4.79 Å². The van der Waals surface area contributed by atoms with E-state index in [-0.39, 0.29) is 23.9 Å². The fourth-order valence-electron chi connectivity index (χ4n) is 2.61. The quantitative estimate of drug-likeness (QED) is 0.833. The minimum atomic E-state index is -0.00656. The molecule has 3 atom stereocenters. The number of nitrogens with one attached hydrogen (secondary N) is 1. The number of carbonyl (C=O) groups excluding carboxylic acids is 1. The first kappa shape index (κ1) is 14.4. The van der Waals surface area contributed by atoms with E-state index in [0.717, 1.165) is 24.8 Å². The van der Waals surface area contributed by atoms with Gasteiger partial charge in [0.2, 0.25) is 5.91 Å². The fraction of sp³-hybridized carbons (Fsp3) is 0.533. The highest BCUT2D eigenvalue weighted by Gasteiger charge is 2.30. The van der Waals surface area contributed by atoms with E-state index in [2.05, 4.69) is 35.8 Å². The van der Waals surface area contributed by atoms with Gasteiger partial charge in [0.05, 0.1) is 12.0 Å². The molecule has 0 spiro atoms. The monoisotopic (exact) mass is 278 g/mol. The van der Waals surface area contributed by atoms with Crippen LogP contribution in [0.5, 0.6) is 0 Å². The number of amides is 1. The first-order chi connectivity index (χ1) is 9.11. The Bertz CT molecular complexity index is 432. The average molecular weight is 278 g/mol. The van der Waals surface area contributed by atoms with Crippen molar-refractivity contribution >= 4 is 17.7 Å². The topological polar surface area (TPSA) is 55.1 Å². The van der Waals surface area contributed by atoms with Gasteiger partial charge in [0, 0.05) is 10.9 Å². The van der Waals surface area contributed by atoms with Crippen molar-refractivity contribution in [1.82, 2.24) is 5.32 Å². The number of nitrogens with two attached hydrogens (primary N) is 1. The molecule has 0 radical (unpaired) electrons. The van der Waals surface area contributed by atoms with E-state index < -0.39 is 0 Å². The summed E-state index contributed by atoms with van der Waals surface area (Å²) in [6.45, 7) is 2.02. The van der Waals surface area contributed by atoms with E-state index in [0.29, 0.717) is 0 Å². The van der Waals surface area contributed by atoms with Crippen LogP contribution in [0, 0.1) is 5.92 Å². The molecule has 1 aliphatic rings. The van der Waals surface area contributed by atoms with Gasteiger partial charge < -0.3 is 11.1 Å². The zero-order valence-corrected chi connectivity index (χ0v) is 12.4. The molecule has 1 aromatic carbocycles. The summed E-state index contributed by atoms with van der Waals surface area (Å²) in [5.74, 6) is 0.0966. The second-order valence-electron chi connectivity index (χ2n) is 5.20. The van der Waals surface area contributed by atoms with Gasteiger partial charge in [0.15, 0.2) is 0 Å². The molecule has 0 bridgehead atoms. The fourth-order valence-corrected chi connectivity index (χ4v) is 3.02. The van der Waals surface area contributed by atoms with E-state index in [1.165, 1.54) is 4.90 Å². The molecule has 1 fully saturated rings. The molecule has 0 saturated heterocycles. The minimum Gasteiger partial charge on any atom is -0.349 e. The molecule has 1 saturated carbocycles. The highest BCUT2D eigenvalue weighted by atomic mass is 32.2. The van der Waals surface area contributed by atoms with Crippen LogP contribution >= 0.6 is 11.8 Å². The molecule has 0 aromatic heterocycles. The molecule has 0 aliphatic heterocycles. The molecular formula is C15H22N2OS. The summed E-state index contributed by atoms with van der Waals surface area (Å²) in [5, 5.41) is 3.08. The van der Waals surface area contributed by atoms with Gasteiger partial charge in [-0.15, -0.1) is 11.8 Å². The Morgan fingerprint density at radius 2 is 2.05 bits per heavy atom. The van der Waals surface area contributed by atoms with Crippen LogP contribution in [-0.4, -0.2) is 18.2 Å². The second-order valence-corrected chi connectivity index (χ2v) is 6.08. The van der Waals surface area contributed by atoms with Crippen LogP contribution in [0.2, 0.25) is 0 Å². The molecular weight excluding hydrogens is 256 g/mol. The predicted octanol–water partition coefficient (Wildman–Crippen LogP) is 2.71. The van der Waals surface area contributed by atoms with E-state index >= 15 is 0 Å². The highest BCUT2D eigenvalue weighted by Crippen LogP contribution is 2.25. The number of thioether (sulfide) groups is 1. The molecule has 19 heavy (non-hydrogen) atoms. The van der Waals surface area contributed by atoms with Crippen molar-refractivity contribution in [2.45, 2.75) is 43.2 Å². The van der Waals surface area contributed by atoms with Gasteiger partial charge in [-0.3, -0.25) is 4.79 Å². The SMILES string of the molecule is CSc1ccc(C(C)NC(=O)C2CCCC2N)cc1. The van der Waals surface area contributed by atoms with Crippen molar-refractivity contribution in [3.05, 3.63) is 29.8 Å². The van der Waals surface area contributed by atoms with Gasteiger partial charge in [-0.05, 0) is 43.7 Å². The molecule has 1 amide bonds. The third-order valence-corrected chi connectivity index (χ3v) is 4.62. The van der Waals surface area contributed by atoms with Crippen molar-refractivity contribution in [2.75, 3.05) is 6.26 Å². The highest BCUT2D eigenvalue weighted by molar-refractivity contribution is 7.98. The van der Waals surface area contributed by atoms with Crippen molar-refractivity contribution in [2.24, 2.45) is 11.7 Å². The maximum absolute atomic E-state index is 12.2. The van der Waals surface area contributed by atoms with Gasteiger partial charge in [-0.2, -0.15) is 0 Å². The number of hydrogen-bond acceptors (Lipinski definition) is 3. The summed E-state index contributed by atoms with van der Waals surface area (Å²) in [6, 6.07) is 8.40. The van der Waals surface area contributed by atoms with Gasteiger partial charge in [-0.25, -0.2) is 0 Å². The summed E-state index contributed by atoms with van der Waals surface area (Å²) in [5.41, 5.74) is 7.11. The smallest absolute Gasteiger partial charge is 0.225 e. The second kappa shape index (κ2) is 6.44. The molecule has 3 unspecified atom stereocenters. The lowest BCUT2D eigenvalue weighted by molar-refractivity contribution is -0.125. The first-order valence-corrected chi connectivity index (χ1v) is 8.04. The Kier molecular flexibility index (Phi) is 4.88. The summed E-state index contributed by atoms with van der Waals surface area (Å²) < 4.78 is 0. The Morgan fingerprint density at radius 1 is 1.37 bits per heavy atom. The van der Waals surface area contributed by atoms with Crippen molar-refractivity contribution in [1.29, 1.82) is 0 Å². The Balaban J connectivity index is 1.95. The van der Waals surface area contributed by atoms with Crippen LogP contribution in [-0.2, 0) is 4.79 Å². The van der Waals surface area contributed by atoms with Crippen LogP contribution in [0.15, 0.2) is 29.2 Å². The number of carbonyl (C=O) groups is 1. The third kappa shape index (κ3) is 3.51. The van der Waals surface area contributed by atoms with Crippen LogP contribution in [0.4, 0.5) is 0 Å². The lowest BCUT2D eigenvalue weighted by Gasteiger charge is -2.20. The van der Waals surface area contributed by atoms with Crippen molar-refractivity contribution < 1.29 is 4.79 Å². The Hall–Kier alpha value is -1.00. The van der Waals surface area contributed by atoms with Gasteiger partial charge in [0.25, 0.3) is 0 Å². The summed E-state index contributed by atoms with van der Waals surface area (Å²) >= 11 is 1.72. The van der Waals surface area contributed by atoms with E-state index in [1.54, 1.807) is 11.8 Å². The molecule has 3 N–H and O–H groups in total. The van der Waals surface area contributed by atoms with Gasteiger partial charge >= 0.3 is 0 Å². The molecule has 2 rings (SSSR count). The third-order valence-electron chi connectivity index (χ3n) is 3.88. The Morgan fingerprint density at radius 3 is 2.58 bits per heavy atom.